The molecule has 1 heterocycles. The van der Waals surface area contributed by atoms with Gasteiger partial charge in [-0.1, -0.05) is 12.1 Å². The Bertz CT molecular complexity index is 595. The average Bonchev–Trinajstić information content (AvgIpc) is 3.00. The molecule has 21 heavy (non-hydrogen) atoms. The molecule has 2 amide bonds. The van der Waals surface area contributed by atoms with Gasteiger partial charge in [0.05, 0.1) is 7.11 Å². The Hall–Kier alpha value is -2.90. The van der Waals surface area contributed by atoms with Crippen LogP contribution in [-0.4, -0.2) is 40.3 Å². The van der Waals surface area contributed by atoms with E-state index in [0.717, 1.165) is 11.3 Å². The van der Waals surface area contributed by atoms with Gasteiger partial charge in [-0.3, -0.25) is 15.0 Å². The maximum atomic E-state index is 11.6. The second kappa shape index (κ2) is 7.04. The van der Waals surface area contributed by atoms with Gasteiger partial charge in [-0.05, 0) is 24.1 Å². The summed E-state index contributed by atoms with van der Waals surface area (Å²) in [5.41, 5.74) is 3.35. The van der Waals surface area contributed by atoms with E-state index in [4.69, 9.17) is 4.74 Å². The predicted octanol–water partition coefficient (Wildman–Crippen LogP) is -0.284. The molecule has 1 aromatic carbocycles. The minimum absolute atomic E-state index is 0.362. The van der Waals surface area contributed by atoms with Crippen molar-refractivity contribution < 1.29 is 14.3 Å². The second-order valence-corrected chi connectivity index (χ2v) is 4.16. The molecule has 8 nitrogen and oxygen atoms in total. The molecule has 2 N–H and O–H groups in total. The predicted molar refractivity (Wildman–Crippen MR) is 74.1 cm³/mol. The Balaban J connectivity index is 1.74. The summed E-state index contributed by atoms with van der Waals surface area (Å²) >= 11 is 0. The maximum Gasteiger partial charge on any atom is 0.328 e. The Morgan fingerprint density at radius 1 is 1.14 bits per heavy atom. The Morgan fingerprint density at radius 3 is 2.43 bits per heavy atom. The third-order valence-corrected chi connectivity index (χ3v) is 2.71. The summed E-state index contributed by atoms with van der Waals surface area (Å²) < 4.78 is 6.26. The van der Waals surface area contributed by atoms with Gasteiger partial charge in [0.1, 0.15) is 18.4 Å². The van der Waals surface area contributed by atoms with Gasteiger partial charge in [-0.2, -0.15) is 0 Å². The molecule has 2 aromatic rings. The summed E-state index contributed by atoms with van der Waals surface area (Å²) in [6.45, 7) is 0.362. The van der Waals surface area contributed by atoms with Gasteiger partial charge in [0.25, 0.3) is 0 Å². The highest BCUT2D eigenvalue weighted by Crippen LogP contribution is 2.11. The summed E-state index contributed by atoms with van der Waals surface area (Å²) in [6.07, 6.45) is 3.18. The summed E-state index contributed by atoms with van der Waals surface area (Å²) in [5.74, 6) is -0.710. The summed E-state index contributed by atoms with van der Waals surface area (Å²) in [7, 11) is 1.60. The van der Waals surface area contributed by atoms with E-state index >= 15 is 0 Å². The number of nitrogens with zero attached hydrogens (tertiary/aromatic N) is 3. The monoisotopic (exact) mass is 289 g/mol. The Labute approximate surface area is 121 Å². The molecule has 110 valence electrons. The molecule has 0 fully saturated rings. The van der Waals surface area contributed by atoms with Gasteiger partial charge in [-0.15, -0.1) is 10.2 Å². The smallest absolute Gasteiger partial charge is 0.328 e. The molecule has 0 aliphatic heterocycles. The van der Waals surface area contributed by atoms with Crippen molar-refractivity contribution in [3.05, 3.63) is 42.5 Å². The van der Waals surface area contributed by atoms with Crippen LogP contribution >= 0.6 is 0 Å². The van der Waals surface area contributed by atoms with Crippen molar-refractivity contribution in [1.82, 2.24) is 20.2 Å². The summed E-state index contributed by atoms with van der Waals surface area (Å²) in [6, 6.07) is 7.50. The molecule has 8 heteroatoms. The lowest BCUT2D eigenvalue weighted by molar-refractivity contribution is -0.136. The van der Waals surface area contributed by atoms with Crippen LogP contribution in [-0.2, 0) is 16.0 Å². The third-order valence-electron chi connectivity index (χ3n) is 2.71. The number of carbonyl (C=O) groups is 2. The van der Waals surface area contributed by atoms with Gasteiger partial charge in [-0.25, -0.2) is 4.68 Å². The fraction of sp³-hybridized carbons (Fsp3) is 0.231. The zero-order valence-corrected chi connectivity index (χ0v) is 11.4. The molecule has 0 bridgehead atoms. The standard InChI is InChI=1S/C13H15N5O3/c1-21-11-4-2-10(3-5-11)6-7-14-12(19)13(20)17-18-8-15-16-9-18/h2-5,8-9H,6-7H2,1H3,(H,14,19)(H,17,20). The van der Waals surface area contributed by atoms with Gasteiger partial charge in [0, 0.05) is 6.54 Å². The first-order valence-electron chi connectivity index (χ1n) is 6.26. The summed E-state index contributed by atoms with van der Waals surface area (Å²) in [5, 5.41) is 9.55. The molecule has 0 saturated carbocycles. The third kappa shape index (κ3) is 4.30. The van der Waals surface area contributed by atoms with E-state index in [1.54, 1.807) is 7.11 Å². The number of hydrogen-bond donors (Lipinski definition) is 2. The van der Waals surface area contributed by atoms with E-state index in [0.29, 0.717) is 13.0 Å². The Morgan fingerprint density at radius 2 is 1.81 bits per heavy atom. The number of hydrogen-bond acceptors (Lipinski definition) is 5. The molecule has 0 saturated heterocycles. The maximum absolute atomic E-state index is 11.6. The number of aromatic nitrogens is 3. The van der Waals surface area contributed by atoms with Crippen molar-refractivity contribution >= 4 is 11.8 Å². The lowest BCUT2D eigenvalue weighted by Crippen LogP contribution is -2.39. The van der Waals surface area contributed by atoms with Crippen LogP contribution in [0.2, 0.25) is 0 Å². The van der Waals surface area contributed by atoms with E-state index in [2.05, 4.69) is 20.9 Å². The molecule has 0 aliphatic carbocycles. The minimum Gasteiger partial charge on any atom is -0.497 e. The topological polar surface area (TPSA) is 98.1 Å². The number of methoxy groups -OCH3 is 1. The number of carbonyl (C=O) groups excluding carboxylic acids is 2. The van der Waals surface area contributed by atoms with Gasteiger partial charge in [0.2, 0.25) is 0 Å². The number of ether oxygens (including phenoxy) is 1. The SMILES string of the molecule is COc1ccc(CCNC(=O)C(=O)Nn2cnnc2)cc1. The number of nitrogens with one attached hydrogen (secondary N) is 2. The van der Waals surface area contributed by atoms with Gasteiger partial charge in [0.15, 0.2) is 0 Å². The molecule has 0 spiro atoms. The van der Waals surface area contributed by atoms with E-state index < -0.39 is 11.8 Å². The van der Waals surface area contributed by atoms with Crippen molar-refractivity contribution in [1.29, 1.82) is 0 Å². The quantitative estimate of drug-likeness (QED) is 0.737. The van der Waals surface area contributed by atoms with Crippen LogP contribution < -0.4 is 15.5 Å². The molecule has 1 aromatic heterocycles. The highest BCUT2D eigenvalue weighted by atomic mass is 16.5. The van der Waals surface area contributed by atoms with E-state index in [1.807, 2.05) is 24.3 Å². The normalized spacial score (nSPS) is 9.95. The van der Waals surface area contributed by atoms with Crippen LogP contribution in [0.5, 0.6) is 5.75 Å². The lowest BCUT2D eigenvalue weighted by atomic mass is 10.1. The fourth-order valence-corrected chi connectivity index (χ4v) is 1.62. The number of benzene rings is 1. The van der Waals surface area contributed by atoms with E-state index in [9.17, 15) is 9.59 Å². The van der Waals surface area contributed by atoms with Crippen LogP contribution in [0.4, 0.5) is 0 Å². The molecule has 0 unspecified atom stereocenters. The molecular weight excluding hydrogens is 274 g/mol. The average molecular weight is 289 g/mol. The minimum atomic E-state index is -0.774. The largest absolute Gasteiger partial charge is 0.497 e. The van der Waals surface area contributed by atoms with Crippen LogP contribution in [0.25, 0.3) is 0 Å². The molecule has 2 rings (SSSR count). The van der Waals surface area contributed by atoms with Crippen LogP contribution in [0.1, 0.15) is 5.56 Å². The van der Waals surface area contributed by atoms with E-state index in [1.165, 1.54) is 17.3 Å². The first kappa shape index (κ1) is 14.5. The van der Waals surface area contributed by atoms with Gasteiger partial charge >= 0.3 is 11.8 Å². The molecule has 0 aliphatic rings. The highest BCUT2D eigenvalue weighted by Gasteiger charge is 2.12. The highest BCUT2D eigenvalue weighted by molar-refractivity contribution is 6.38. The van der Waals surface area contributed by atoms with Gasteiger partial charge < -0.3 is 10.1 Å². The molecule has 0 atom stereocenters. The van der Waals surface area contributed by atoms with Crippen molar-refractivity contribution in [3.8, 4) is 5.75 Å². The van der Waals surface area contributed by atoms with Crippen LogP contribution in [0.15, 0.2) is 36.9 Å². The zero-order chi connectivity index (χ0) is 15.1. The zero-order valence-electron chi connectivity index (χ0n) is 11.4. The number of amides is 2. The van der Waals surface area contributed by atoms with Crippen molar-refractivity contribution in [2.75, 3.05) is 19.1 Å². The van der Waals surface area contributed by atoms with Crippen LogP contribution in [0.3, 0.4) is 0 Å². The van der Waals surface area contributed by atoms with Crippen LogP contribution in [0, 0.1) is 0 Å². The lowest BCUT2D eigenvalue weighted by Gasteiger charge is -2.07. The Kier molecular flexibility index (Phi) is 4.86. The summed E-state index contributed by atoms with van der Waals surface area (Å²) in [4.78, 5) is 23.1. The van der Waals surface area contributed by atoms with Crippen molar-refractivity contribution in [2.45, 2.75) is 6.42 Å². The second-order valence-electron chi connectivity index (χ2n) is 4.16. The van der Waals surface area contributed by atoms with E-state index in [-0.39, 0.29) is 0 Å². The first-order valence-corrected chi connectivity index (χ1v) is 6.26. The molecule has 0 radical (unpaired) electrons. The fourth-order valence-electron chi connectivity index (χ4n) is 1.62. The van der Waals surface area contributed by atoms with Crippen molar-refractivity contribution in [2.24, 2.45) is 0 Å². The first-order chi connectivity index (χ1) is 10.2. The van der Waals surface area contributed by atoms with Crippen molar-refractivity contribution in [3.63, 3.8) is 0 Å². The number of rotatable bonds is 5. The molecular formula is C13H15N5O3.